The number of benzene rings is 4. The van der Waals surface area contributed by atoms with E-state index in [1.54, 1.807) is 12.1 Å². The Morgan fingerprint density at radius 3 is 1.26 bits per heavy atom. The smallest absolute Gasteiger partial charge is 0.339 e. The second-order valence-corrected chi connectivity index (χ2v) is 8.93. The molecular weight excluding hydrogens is 588 g/mol. The van der Waals surface area contributed by atoms with Gasteiger partial charge in [0.1, 0.15) is 45.8 Å². The molecule has 0 aliphatic carbocycles. The van der Waals surface area contributed by atoms with E-state index in [1.165, 1.54) is 36.4 Å². The van der Waals surface area contributed by atoms with Crippen molar-refractivity contribution in [3.8, 4) is 23.0 Å². The van der Waals surface area contributed by atoms with Crippen molar-refractivity contribution in [2.45, 2.75) is 0 Å². The zero-order valence-corrected chi connectivity index (χ0v) is 21.7. The summed E-state index contributed by atoms with van der Waals surface area (Å²) in [5.74, 6) is -3.56. The van der Waals surface area contributed by atoms with Crippen molar-refractivity contribution in [1.29, 1.82) is 0 Å². The summed E-state index contributed by atoms with van der Waals surface area (Å²) < 4.78 is 36.8. The van der Waals surface area contributed by atoms with Crippen molar-refractivity contribution in [2.24, 2.45) is 0 Å². The minimum Gasteiger partial charge on any atom is -0.478 e. The molecule has 0 spiro atoms. The zero-order chi connectivity index (χ0) is 28.0. The molecule has 0 saturated carbocycles. The molecule has 0 unspecified atom stereocenters. The Labute approximate surface area is 234 Å². The monoisotopic (exact) mass is 600 g/mol. The van der Waals surface area contributed by atoms with Crippen LogP contribution in [0.4, 0.5) is 8.78 Å². The number of halogens is 6. The molecule has 0 radical (unpaired) electrons. The van der Waals surface area contributed by atoms with Gasteiger partial charge in [-0.15, -0.1) is 0 Å². The van der Waals surface area contributed by atoms with Crippen LogP contribution in [0.1, 0.15) is 20.7 Å². The summed E-state index contributed by atoms with van der Waals surface area (Å²) in [6, 6.07) is 15.4. The molecule has 0 atom stereocenters. The molecule has 196 valence electrons. The number of rotatable bonds is 6. The van der Waals surface area contributed by atoms with Gasteiger partial charge in [0.15, 0.2) is 0 Å². The van der Waals surface area contributed by atoms with Crippen molar-refractivity contribution < 1.29 is 38.1 Å². The fourth-order valence-corrected chi connectivity index (χ4v) is 3.50. The van der Waals surface area contributed by atoms with Crippen LogP contribution in [-0.2, 0) is 0 Å². The standard InChI is InChI=1S/2C13H7Cl2FO3/c2*14-7-1-3-10(15)12(5-7)19-11-4-2-8(16)6-9(11)13(17)18/h2*1-6H,(H,17,18). The number of hydrogen-bond acceptors (Lipinski definition) is 4. The maximum absolute atomic E-state index is 13.0. The molecule has 4 aromatic carbocycles. The van der Waals surface area contributed by atoms with Gasteiger partial charge in [0.2, 0.25) is 0 Å². The molecule has 0 aromatic heterocycles. The normalized spacial score (nSPS) is 10.3. The summed E-state index contributed by atoms with van der Waals surface area (Å²) in [7, 11) is 0. The average Bonchev–Trinajstić information content (AvgIpc) is 2.86. The van der Waals surface area contributed by atoms with Gasteiger partial charge in [-0.05, 0) is 60.7 Å². The topological polar surface area (TPSA) is 93.1 Å². The number of ether oxygens (including phenoxy) is 2. The van der Waals surface area contributed by atoms with Crippen molar-refractivity contribution >= 4 is 58.3 Å². The van der Waals surface area contributed by atoms with Gasteiger partial charge in [-0.25, -0.2) is 18.4 Å². The number of carboxylic acids is 2. The van der Waals surface area contributed by atoms with E-state index in [0.717, 1.165) is 24.3 Å². The summed E-state index contributed by atoms with van der Waals surface area (Å²) in [6.07, 6.45) is 0. The molecule has 0 bridgehead atoms. The van der Waals surface area contributed by atoms with E-state index in [9.17, 15) is 18.4 Å². The SMILES string of the molecule is O=C(O)c1cc(F)ccc1Oc1cc(Cl)ccc1Cl.O=C(O)c1cc(F)ccc1Oc1cc(Cl)ccc1Cl. The minimum absolute atomic E-state index is 0.0157. The molecule has 0 heterocycles. The first kappa shape index (κ1) is 29.0. The lowest BCUT2D eigenvalue weighted by molar-refractivity contribution is 0.0682. The molecule has 0 aliphatic heterocycles. The fraction of sp³-hybridized carbons (Fsp3) is 0. The summed E-state index contributed by atoms with van der Waals surface area (Å²) in [4.78, 5) is 22.0. The predicted octanol–water partition coefficient (Wildman–Crippen LogP) is 9.25. The lowest BCUT2D eigenvalue weighted by Gasteiger charge is -2.10. The quantitative estimate of drug-likeness (QED) is 0.229. The first-order valence-electron chi connectivity index (χ1n) is 10.3. The predicted molar refractivity (Wildman–Crippen MR) is 140 cm³/mol. The Bertz CT molecular complexity index is 1400. The van der Waals surface area contributed by atoms with Gasteiger partial charge in [-0.1, -0.05) is 46.4 Å². The van der Waals surface area contributed by atoms with Crippen LogP contribution in [0.3, 0.4) is 0 Å². The van der Waals surface area contributed by atoms with E-state index in [0.29, 0.717) is 10.0 Å². The first-order valence-corrected chi connectivity index (χ1v) is 11.8. The van der Waals surface area contributed by atoms with Gasteiger partial charge in [-0.3, -0.25) is 0 Å². The second-order valence-electron chi connectivity index (χ2n) is 7.24. The highest BCUT2D eigenvalue weighted by atomic mass is 35.5. The van der Waals surface area contributed by atoms with Crippen LogP contribution in [0.25, 0.3) is 0 Å². The van der Waals surface area contributed by atoms with E-state index in [4.69, 9.17) is 66.1 Å². The third kappa shape index (κ3) is 7.72. The largest absolute Gasteiger partial charge is 0.478 e. The molecule has 4 aromatic rings. The average molecular weight is 602 g/mol. The van der Waals surface area contributed by atoms with E-state index in [1.807, 2.05) is 0 Å². The van der Waals surface area contributed by atoms with Gasteiger partial charge in [0, 0.05) is 22.2 Å². The summed E-state index contributed by atoms with van der Waals surface area (Å²) in [6.45, 7) is 0. The molecule has 0 amide bonds. The highest BCUT2D eigenvalue weighted by Crippen LogP contribution is 2.35. The van der Waals surface area contributed by atoms with Crippen LogP contribution in [0.5, 0.6) is 23.0 Å². The molecule has 6 nitrogen and oxygen atoms in total. The number of hydrogen-bond donors (Lipinski definition) is 2. The van der Waals surface area contributed by atoms with E-state index >= 15 is 0 Å². The Morgan fingerprint density at radius 2 is 0.921 bits per heavy atom. The van der Waals surface area contributed by atoms with Gasteiger partial charge < -0.3 is 19.7 Å². The Morgan fingerprint density at radius 1 is 0.553 bits per heavy atom. The second kappa shape index (κ2) is 12.8. The van der Waals surface area contributed by atoms with Crippen molar-refractivity contribution in [3.05, 3.63) is 116 Å². The van der Waals surface area contributed by atoms with Crippen molar-refractivity contribution in [2.75, 3.05) is 0 Å². The molecule has 12 heteroatoms. The third-order valence-electron chi connectivity index (χ3n) is 4.57. The molecule has 38 heavy (non-hydrogen) atoms. The number of carbonyl (C=O) groups is 2. The van der Waals surface area contributed by atoms with Crippen LogP contribution in [-0.4, -0.2) is 22.2 Å². The summed E-state index contributed by atoms with van der Waals surface area (Å²) >= 11 is 23.4. The molecule has 4 rings (SSSR count). The summed E-state index contributed by atoms with van der Waals surface area (Å²) in [5.41, 5.74) is -0.591. The Hall–Kier alpha value is -3.56. The molecular formula is C26H14Cl4F2O6. The van der Waals surface area contributed by atoms with Crippen LogP contribution in [0, 0.1) is 11.6 Å². The molecule has 0 saturated heterocycles. The highest BCUT2D eigenvalue weighted by molar-refractivity contribution is 6.34. The lowest BCUT2D eigenvalue weighted by Crippen LogP contribution is -2.01. The number of aromatic carboxylic acids is 2. The summed E-state index contributed by atoms with van der Waals surface area (Å²) in [5, 5.41) is 19.3. The molecule has 0 fully saturated rings. The van der Waals surface area contributed by atoms with Gasteiger partial charge >= 0.3 is 11.9 Å². The molecule has 2 N–H and O–H groups in total. The minimum atomic E-state index is -1.30. The zero-order valence-electron chi connectivity index (χ0n) is 18.7. The van der Waals surface area contributed by atoms with E-state index < -0.39 is 23.6 Å². The highest BCUT2D eigenvalue weighted by Gasteiger charge is 2.16. The van der Waals surface area contributed by atoms with Crippen molar-refractivity contribution in [1.82, 2.24) is 0 Å². The van der Waals surface area contributed by atoms with Crippen LogP contribution < -0.4 is 9.47 Å². The van der Waals surface area contributed by atoms with Crippen LogP contribution in [0.2, 0.25) is 20.1 Å². The van der Waals surface area contributed by atoms with Gasteiger partial charge in [0.05, 0.1) is 10.0 Å². The number of carboxylic acid groups (broad SMARTS) is 2. The first-order chi connectivity index (χ1) is 17.9. The third-order valence-corrected chi connectivity index (χ3v) is 5.67. The van der Waals surface area contributed by atoms with Crippen LogP contribution in [0.15, 0.2) is 72.8 Å². The molecule has 0 aliphatic rings. The fourth-order valence-electron chi connectivity index (χ4n) is 2.86. The van der Waals surface area contributed by atoms with E-state index in [2.05, 4.69) is 0 Å². The van der Waals surface area contributed by atoms with Crippen molar-refractivity contribution in [3.63, 3.8) is 0 Å². The Balaban J connectivity index is 0.000000211. The maximum atomic E-state index is 13.0. The van der Waals surface area contributed by atoms with Gasteiger partial charge in [-0.2, -0.15) is 0 Å². The van der Waals surface area contributed by atoms with Crippen LogP contribution >= 0.6 is 46.4 Å². The van der Waals surface area contributed by atoms with Gasteiger partial charge in [0.25, 0.3) is 0 Å². The van der Waals surface area contributed by atoms with E-state index in [-0.39, 0.29) is 44.2 Å². The maximum Gasteiger partial charge on any atom is 0.339 e. The lowest BCUT2D eigenvalue weighted by atomic mass is 10.2. The Kier molecular flexibility index (Phi) is 9.77.